The molecule has 2 amide bonds. The van der Waals surface area contributed by atoms with Gasteiger partial charge in [0.2, 0.25) is 11.8 Å². The number of hydrogen-bond acceptors (Lipinski definition) is 3. The number of nitrogens with two attached hydrogens (primary N) is 1. The van der Waals surface area contributed by atoms with Crippen molar-refractivity contribution >= 4 is 11.8 Å². The van der Waals surface area contributed by atoms with E-state index in [-0.39, 0.29) is 17.4 Å². The summed E-state index contributed by atoms with van der Waals surface area (Å²) >= 11 is 0. The van der Waals surface area contributed by atoms with Gasteiger partial charge in [0.25, 0.3) is 0 Å². The number of carbonyl (C=O) groups is 2. The zero-order chi connectivity index (χ0) is 11.1. The van der Waals surface area contributed by atoms with Gasteiger partial charge in [-0.05, 0) is 19.8 Å². The SMILES string of the molecule is CC(N)C(=O)N1CCC2(CC1)CC(=O)N2. The second-order valence-electron chi connectivity index (χ2n) is 4.62. The summed E-state index contributed by atoms with van der Waals surface area (Å²) in [6, 6.07) is -0.421. The van der Waals surface area contributed by atoms with Crippen molar-refractivity contribution in [2.24, 2.45) is 5.73 Å². The maximum Gasteiger partial charge on any atom is 0.239 e. The molecule has 0 bridgehead atoms. The first-order valence-electron chi connectivity index (χ1n) is 5.38. The lowest BCUT2D eigenvalue weighted by atomic mass is 9.78. The van der Waals surface area contributed by atoms with Crippen molar-refractivity contribution in [3.05, 3.63) is 0 Å². The zero-order valence-electron chi connectivity index (χ0n) is 8.95. The average Bonchev–Trinajstić information content (AvgIpc) is 2.16. The molecule has 2 rings (SSSR count). The van der Waals surface area contributed by atoms with E-state index in [9.17, 15) is 9.59 Å². The van der Waals surface area contributed by atoms with Gasteiger partial charge in [-0.1, -0.05) is 0 Å². The van der Waals surface area contributed by atoms with Crippen molar-refractivity contribution in [2.45, 2.75) is 37.8 Å². The molecule has 1 spiro atoms. The molecule has 15 heavy (non-hydrogen) atoms. The van der Waals surface area contributed by atoms with Crippen LogP contribution in [0.15, 0.2) is 0 Å². The minimum Gasteiger partial charge on any atom is -0.350 e. The monoisotopic (exact) mass is 211 g/mol. The molecule has 0 radical (unpaired) electrons. The van der Waals surface area contributed by atoms with Crippen molar-refractivity contribution in [3.63, 3.8) is 0 Å². The van der Waals surface area contributed by atoms with E-state index >= 15 is 0 Å². The van der Waals surface area contributed by atoms with Gasteiger partial charge >= 0.3 is 0 Å². The maximum atomic E-state index is 11.6. The largest absolute Gasteiger partial charge is 0.350 e. The van der Waals surface area contributed by atoms with Crippen LogP contribution in [-0.2, 0) is 9.59 Å². The molecule has 0 aromatic heterocycles. The molecular weight excluding hydrogens is 194 g/mol. The molecule has 0 saturated carbocycles. The lowest BCUT2D eigenvalue weighted by Gasteiger charge is -2.48. The molecule has 1 atom stereocenters. The smallest absolute Gasteiger partial charge is 0.239 e. The summed E-state index contributed by atoms with van der Waals surface area (Å²) in [6.45, 7) is 3.12. The molecule has 0 aliphatic carbocycles. The highest BCUT2D eigenvalue weighted by Gasteiger charge is 2.45. The van der Waals surface area contributed by atoms with Crippen LogP contribution >= 0.6 is 0 Å². The summed E-state index contributed by atoms with van der Waals surface area (Å²) in [5.74, 6) is 0.137. The maximum absolute atomic E-state index is 11.6. The molecule has 0 aromatic carbocycles. The fraction of sp³-hybridized carbons (Fsp3) is 0.800. The van der Waals surface area contributed by atoms with Crippen LogP contribution in [0.3, 0.4) is 0 Å². The van der Waals surface area contributed by atoms with E-state index in [4.69, 9.17) is 5.73 Å². The highest BCUT2D eigenvalue weighted by atomic mass is 16.2. The van der Waals surface area contributed by atoms with E-state index in [1.807, 2.05) is 0 Å². The van der Waals surface area contributed by atoms with E-state index in [1.54, 1.807) is 11.8 Å². The Morgan fingerprint density at radius 3 is 2.47 bits per heavy atom. The highest BCUT2D eigenvalue weighted by Crippen LogP contribution is 2.31. The molecule has 2 fully saturated rings. The van der Waals surface area contributed by atoms with Crippen molar-refractivity contribution in [1.82, 2.24) is 10.2 Å². The van der Waals surface area contributed by atoms with E-state index in [0.717, 1.165) is 12.8 Å². The van der Waals surface area contributed by atoms with Gasteiger partial charge < -0.3 is 16.0 Å². The number of amides is 2. The number of likely N-dealkylation sites (tertiary alicyclic amines) is 1. The second-order valence-corrected chi connectivity index (χ2v) is 4.62. The van der Waals surface area contributed by atoms with Gasteiger partial charge in [-0.25, -0.2) is 0 Å². The van der Waals surface area contributed by atoms with Crippen LogP contribution in [-0.4, -0.2) is 41.4 Å². The van der Waals surface area contributed by atoms with Gasteiger partial charge in [-0.2, -0.15) is 0 Å². The second kappa shape index (κ2) is 3.48. The third kappa shape index (κ3) is 1.84. The van der Waals surface area contributed by atoms with Crippen molar-refractivity contribution in [3.8, 4) is 0 Å². The van der Waals surface area contributed by atoms with Crippen molar-refractivity contribution in [1.29, 1.82) is 0 Å². The molecule has 2 aliphatic rings. The van der Waals surface area contributed by atoms with Crippen LogP contribution in [0.5, 0.6) is 0 Å². The van der Waals surface area contributed by atoms with Crippen LogP contribution in [0.4, 0.5) is 0 Å². The summed E-state index contributed by atoms with van der Waals surface area (Å²) in [7, 11) is 0. The van der Waals surface area contributed by atoms with Crippen LogP contribution < -0.4 is 11.1 Å². The van der Waals surface area contributed by atoms with E-state index in [0.29, 0.717) is 19.5 Å². The number of hydrogen-bond donors (Lipinski definition) is 2. The van der Waals surface area contributed by atoms with Gasteiger partial charge in [0.15, 0.2) is 0 Å². The molecule has 5 heteroatoms. The third-order valence-electron chi connectivity index (χ3n) is 3.33. The molecule has 3 N–H and O–H groups in total. The Labute approximate surface area is 89.0 Å². The summed E-state index contributed by atoms with van der Waals surface area (Å²) in [5.41, 5.74) is 5.53. The van der Waals surface area contributed by atoms with Gasteiger partial charge in [-0.3, -0.25) is 9.59 Å². The summed E-state index contributed by atoms with van der Waals surface area (Å²) in [5, 5.41) is 2.94. The standard InChI is InChI=1S/C10H17N3O2/c1-7(11)9(15)13-4-2-10(3-5-13)6-8(14)12-10/h7H,2-6,11H2,1H3,(H,12,14). The summed E-state index contributed by atoms with van der Waals surface area (Å²) < 4.78 is 0. The number of piperidine rings is 1. The fourth-order valence-corrected chi connectivity index (χ4v) is 2.33. The number of carbonyl (C=O) groups excluding carboxylic acids is 2. The first kappa shape index (κ1) is 10.4. The Kier molecular flexibility index (Phi) is 2.42. The Morgan fingerprint density at radius 2 is 2.07 bits per heavy atom. The Hall–Kier alpha value is -1.10. The topological polar surface area (TPSA) is 75.4 Å². The van der Waals surface area contributed by atoms with E-state index < -0.39 is 6.04 Å². The number of rotatable bonds is 1. The fourth-order valence-electron chi connectivity index (χ4n) is 2.33. The molecule has 0 aromatic rings. The molecule has 1 unspecified atom stereocenters. The van der Waals surface area contributed by atoms with Gasteiger partial charge in [-0.15, -0.1) is 0 Å². The predicted molar refractivity (Wildman–Crippen MR) is 55.0 cm³/mol. The first-order valence-corrected chi connectivity index (χ1v) is 5.38. The lowest BCUT2D eigenvalue weighted by Crippen LogP contribution is -2.65. The summed E-state index contributed by atoms with van der Waals surface area (Å²) in [4.78, 5) is 24.3. The summed E-state index contributed by atoms with van der Waals surface area (Å²) in [6.07, 6.45) is 2.33. The van der Waals surface area contributed by atoms with E-state index in [2.05, 4.69) is 5.32 Å². The normalized spacial score (nSPS) is 25.7. The van der Waals surface area contributed by atoms with Crippen LogP contribution in [0.2, 0.25) is 0 Å². The molecule has 5 nitrogen and oxygen atoms in total. The van der Waals surface area contributed by atoms with Gasteiger partial charge in [0.05, 0.1) is 11.6 Å². The van der Waals surface area contributed by atoms with Gasteiger partial charge in [0.1, 0.15) is 0 Å². The minimum absolute atomic E-state index is 0.00823. The van der Waals surface area contributed by atoms with Crippen LogP contribution in [0.1, 0.15) is 26.2 Å². The van der Waals surface area contributed by atoms with Crippen molar-refractivity contribution in [2.75, 3.05) is 13.1 Å². The average molecular weight is 211 g/mol. The predicted octanol–water partition coefficient (Wildman–Crippen LogP) is -0.785. The minimum atomic E-state index is -0.421. The molecule has 2 saturated heterocycles. The van der Waals surface area contributed by atoms with Crippen LogP contribution in [0, 0.1) is 0 Å². The number of nitrogens with zero attached hydrogens (tertiary/aromatic N) is 1. The third-order valence-corrected chi connectivity index (χ3v) is 3.33. The lowest BCUT2D eigenvalue weighted by molar-refractivity contribution is -0.139. The molecule has 2 heterocycles. The zero-order valence-corrected chi connectivity index (χ0v) is 8.95. The number of β-lactam (4-membered cyclic amide) rings is 1. The molecule has 84 valence electrons. The highest BCUT2D eigenvalue weighted by molar-refractivity contribution is 5.85. The number of nitrogens with one attached hydrogen (secondary N) is 1. The Bertz CT molecular complexity index is 283. The Balaban J connectivity index is 1.87. The van der Waals surface area contributed by atoms with E-state index in [1.165, 1.54) is 0 Å². The Morgan fingerprint density at radius 1 is 1.53 bits per heavy atom. The van der Waals surface area contributed by atoms with Crippen molar-refractivity contribution < 1.29 is 9.59 Å². The van der Waals surface area contributed by atoms with Gasteiger partial charge in [0, 0.05) is 19.5 Å². The first-order chi connectivity index (χ1) is 7.02. The molecular formula is C10H17N3O2. The quantitative estimate of drug-likeness (QED) is 0.558. The van der Waals surface area contributed by atoms with Crippen LogP contribution in [0.25, 0.3) is 0 Å². The molecule has 2 aliphatic heterocycles.